The number of rotatable bonds is 4. The first-order valence-electron chi connectivity index (χ1n) is 19.6. The second-order valence-electron chi connectivity index (χ2n) is 18.2. The molecule has 0 N–H and O–H groups in total. The summed E-state index contributed by atoms with van der Waals surface area (Å²) in [5, 5.41) is 4.66. The summed E-state index contributed by atoms with van der Waals surface area (Å²) in [6.07, 6.45) is 0. The molecule has 3 heterocycles. The monoisotopic (exact) mass is 732 g/mol. The molecule has 0 bridgehead atoms. The zero-order valence-electron chi connectivity index (χ0n) is 33.8. The summed E-state index contributed by atoms with van der Waals surface area (Å²) in [5.74, 6) is 1.85. The fraction of sp³-hybridized carbons (Fsp3) is 0.235. The van der Waals surface area contributed by atoms with Crippen LogP contribution in [0.3, 0.4) is 0 Å². The van der Waals surface area contributed by atoms with Crippen molar-refractivity contribution in [2.75, 3.05) is 0 Å². The molecule has 0 unspecified atom stereocenters. The lowest BCUT2D eigenvalue weighted by Crippen LogP contribution is -2.16. The van der Waals surface area contributed by atoms with E-state index >= 15 is 0 Å². The normalized spacial score (nSPS) is 12.7. The smallest absolute Gasteiger partial charge is 0.238 e. The molecule has 0 aliphatic heterocycles. The SMILES string of the molecule is CC(C)(C)c1cc(C(C)(C)C)c2oc3c(C(C)(C)C)cc(-c4ccc(-c5nc(-c6ccccc6)nc(-n6c7ccccc7c7ccccc76)n5)cc4)cc3c2c1. The number of hydrogen-bond acceptors (Lipinski definition) is 4. The fourth-order valence-corrected chi connectivity index (χ4v) is 7.95. The van der Waals surface area contributed by atoms with Crippen molar-refractivity contribution in [3.05, 3.63) is 144 Å². The molecule has 0 saturated heterocycles. The molecule has 5 heteroatoms. The minimum absolute atomic E-state index is 0.00506. The van der Waals surface area contributed by atoms with Gasteiger partial charge in [-0.05, 0) is 63.3 Å². The Morgan fingerprint density at radius 1 is 0.411 bits per heavy atom. The van der Waals surface area contributed by atoms with Crippen LogP contribution >= 0.6 is 0 Å². The molecule has 0 amide bonds. The summed E-state index contributed by atoms with van der Waals surface area (Å²) in [6, 6.07) is 45.1. The second kappa shape index (κ2) is 12.7. The van der Waals surface area contributed by atoms with Crippen molar-refractivity contribution < 1.29 is 4.42 Å². The summed E-state index contributed by atoms with van der Waals surface area (Å²) in [6.45, 7) is 20.5. The zero-order valence-corrected chi connectivity index (χ0v) is 33.8. The summed E-state index contributed by atoms with van der Waals surface area (Å²) in [5.41, 5.74) is 11.7. The molecule has 0 aliphatic rings. The van der Waals surface area contributed by atoms with Gasteiger partial charge in [-0.15, -0.1) is 0 Å². The summed E-state index contributed by atoms with van der Waals surface area (Å²) in [4.78, 5) is 15.3. The van der Waals surface area contributed by atoms with Crippen LogP contribution in [0.5, 0.6) is 0 Å². The fourth-order valence-electron chi connectivity index (χ4n) is 7.95. The van der Waals surface area contributed by atoms with E-state index in [1.54, 1.807) is 0 Å². The van der Waals surface area contributed by atoms with Gasteiger partial charge < -0.3 is 4.42 Å². The van der Waals surface area contributed by atoms with Gasteiger partial charge in [-0.1, -0.05) is 159 Å². The Kier molecular flexibility index (Phi) is 8.10. The molecule has 56 heavy (non-hydrogen) atoms. The molecule has 9 rings (SSSR count). The largest absolute Gasteiger partial charge is 0.455 e. The molecule has 6 aromatic carbocycles. The Hall–Kier alpha value is -6.07. The van der Waals surface area contributed by atoms with Crippen LogP contribution in [0.25, 0.3) is 83.6 Å². The average Bonchev–Trinajstić information content (AvgIpc) is 3.72. The number of benzene rings is 6. The van der Waals surface area contributed by atoms with Crippen LogP contribution in [-0.4, -0.2) is 19.5 Å². The zero-order chi connectivity index (χ0) is 39.1. The summed E-state index contributed by atoms with van der Waals surface area (Å²) >= 11 is 0. The Labute approximate surface area is 329 Å². The van der Waals surface area contributed by atoms with Crippen LogP contribution in [0.1, 0.15) is 79.0 Å². The van der Waals surface area contributed by atoms with Crippen LogP contribution in [0.4, 0.5) is 0 Å². The van der Waals surface area contributed by atoms with Crippen molar-refractivity contribution in [2.24, 2.45) is 0 Å². The van der Waals surface area contributed by atoms with Gasteiger partial charge in [-0.2, -0.15) is 9.97 Å². The molecule has 0 spiro atoms. The van der Waals surface area contributed by atoms with Crippen molar-refractivity contribution in [3.8, 4) is 39.9 Å². The number of hydrogen-bond donors (Lipinski definition) is 0. The highest BCUT2D eigenvalue weighted by Crippen LogP contribution is 2.44. The predicted molar refractivity (Wildman–Crippen MR) is 234 cm³/mol. The average molecular weight is 733 g/mol. The van der Waals surface area contributed by atoms with E-state index < -0.39 is 0 Å². The number of fused-ring (bicyclic) bond motifs is 6. The Morgan fingerprint density at radius 3 is 1.45 bits per heavy atom. The third kappa shape index (κ3) is 6.06. The number of aromatic nitrogens is 4. The van der Waals surface area contributed by atoms with E-state index in [1.807, 2.05) is 18.2 Å². The van der Waals surface area contributed by atoms with Gasteiger partial charge in [0.15, 0.2) is 11.6 Å². The van der Waals surface area contributed by atoms with E-state index in [2.05, 4.69) is 176 Å². The van der Waals surface area contributed by atoms with Crippen LogP contribution < -0.4 is 0 Å². The first kappa shape index (κ1) is 35.6. The van der Waals surface area contributed by atoms with Crippen molar-refractivity contribution in [1.29, 1.82) is 0 Å². The number of nitrogens with zero attached hydrogens (tertiary/aromatic N) is 4. The standard InChI is InChI=1S/C51H48N4O/c1-49(2,3)35-29-39-38-27-34(28-40(50(4,5)6)44(38)56-45(39)41(30-35)51(7,8)9)31-23-25-33(26-24-31)47-52-46(32-17-11-10-12-18-32)53-48(54-47)55-42-21-15-13-19-36(42)37-20-14-16-22-43(37)55/h10-30H,1-9H3. The van der Waals surface area contributed by atoms with E-state index in [4.69, 9.17) is 19.4 Å². The Bertz CT molecular complexity index is 2890. The third-order valence-electron chi connectivity index (χ3n) is 11.1. The quantitative estimate of drug-likeness (QED) is 0.181. The first-order valence-corrected chi connectivity index (χ1v) is 19.6. The van der Waals surface area contributed by atoms with Gasteiger partial charge in [0, 0.05) is 43.8 Å². The first-order chi connectivity index (χ1) is 26.6. The molecule has 0 saturated carbocycles. The molecule has 3 aromatic heterocycles. The van der Waals surface area contributed by atoms with E-state index in [0.29, 0.717) is 17.6 Å². The molecule has 0 radical (unpaired) electrons. The maximum atomic E-state index is 6.92. The van der Waals surface area contributed by atoms with Gasteiger partial charge in [0.05, 0.1) is 11.0 Å². The van der Waals surface area contributed by atoms with Crippen LogP contribution in [-0.2, 0) is 16.2 Å². The van der Waals surface area contributed by atoms with Crippen molar-refractivity contribution in [2.45, 2.75) is 78.6 Å². The highest BCUT2D eigenvalue weighted by atomic mass is 16.3. The number of furan rings is 1. The Balaban J connectivity index is 1.22. The molecule has 9 aromatic rings. The summed E-state index contributed by atoms with van der Waals surface area (Å²) in [7, 11) is 0. The lowest BCUT2D eigenvalue weighted by atomic mass is 9.79. The Morgan fingerprint density at radius 2 is 0.893 bits per heavy atom. The molecule has 278 valence electrons. The lowest BCUT2D eigenvalue weighted by molar-refractivity contribution is 0.550. The van der Waals surface area contributed by atoms with E-state index in [1.165, 1.54) is 22.1 Å². The molecule has 0 aliphatic carbocycles. The third-order valence-corrected chi connectivity index (χ3v) is 11.1. The molecule has 0 fully saturated rings. The second-order valence-corrected chi connectivity index (χ2v) is 18.2. The molecular formula is C51H48N4O. The highest BCUT2D eigenvalue weighted by Gasteiger charge is 2.28. The van der Waals surface area contributed by atoms with Crippen LogP contribution in [0.15, 0.2) is 132 Å². The molecule has 5 nitrogen and oxygen atoms in total. The highest BCUT2D eigenvalue weighted by molar-refractivity contribution is 6.10. The minimum atomic E-state index is -0.140. The molecule has 0 atom stereocenters. The lowest BCUT2D eigenvalue weighted by Gasteiger charge is -2.25. The van der Waals surface area contributed by atoms with Gasteiger partial charge in [0.1, 0.15) is 11.2 Å². The maximum Gasteiger partial charge on any atom is 0.238 e. The van der Waals surface area contributed by atoms with Crippen LogP contribution in [0, 0.1) is 0 Å². The van der Waals surface area contributed by atoms with Crippen molar-refractivity contribution in [3.63, 3.8) is 0 Å². The van der Waals surface area contributed by atoms with Crippen molar-refractivity contribution in [1.82, 2.24) is 19.5 Å². The number of para-hydroxylation sites is 2. The van der Waals surface area contributed by atoms with Gasteiger partial charge in [0.25, 0.3) is 0 Å². The van der Waals surface area contributed by atoms with Gasteiger partial charge in [-0.3, -0.25) is 4.57 Å². The van der Waals surface area contributed by atoms with Gasteiger partial charge in [-0.25, -0.2) is 4.98 Å². The van der Waals surface area contributed by atoms with Crippen LogP contribution in [0.2, 0.25) is 0 Å². The van der Waals surface area contributed by atoms with E-state index in [0.717, 1.165) is 60.6 Å². The predicted octanol–water partition coefficient (Wildman–Crippen LogP) is 13.8. The minimum Gasteiger partial charge on any atom is -0.455 e. The topological polar surface area (TPSA) is 56.7 Å². The van der Waals surface area contributed by atoms with E-state index in [-0.39, 0.29) is 16.2 Å². The van der Waals surface area contributed by atoms with Crippen molar-refractivity contribution >= 4 is 43.7 Å². The molecular weight excluding hydrogens is 685 g/mol. The van der Waals surface area contributed by atoms with Gasteiger partial charge in [0.2, 0.25) is 5.95 Å². The van der Waals surface area contributed by atoms with E-state index in [9.17, 15) is 0 Å². The summed E-state index contributed by atoms with van der Waals surface area (Å²) < 4.78 is 9.08. The van der Waals surface area contributed by atoms with Gasteiger partial charge >= 0.3 is 0 Å². The maximum absolute atomic E-state index is 6.92.